The normalized spacial score (nSPS) is 13.3. The number of fused-ring (bicyclic) bond motifs is 1. The third-order valence-electron chi connectivity index (χ3n) is 2.58. The minimum atomic E-state index is -0.706. The average Bonchev–Trinajstić information content (AvgIpc) is 2.71. The first-order valence-electron chi connectivity index (χ1n) is 5.15. The minimum absolute atomic E-state index is 0.182. The fraction of sp³-hybridized carbons (Fsp3) is 0.333. The molecular weight excluding hydrogens is 190 g/mol. The monoisotopic (exact) mass is 205 g/mol. The molecule has 3 nitrogen and oxygen atoms in total. The molecule has 0 fully saturated rings. The van der Waals surface area contributed by atoms with Gasteiger partial charge in [-0.2, -0.15) is 0 Å². The molecule has 2 rings (SSSR count). The first-order valence-corrected chi connectivity index (χ1v) is 5.15. The maximum absolute atomic E-state index is 9.58. The summed E-state index contributed by atoms with van der Waals surface area (Å²) in [7, 11) is 0. The Kier molecular flexibility index (Phi) is 2.75. The van der Waals surface area contributed by atoms with E-state index in [-0.39, 0.29) is 6.54 Å². The lowest BCUT2D eigenvalue weighted by Crippen LogP contribution is -2.10. The molecule has 0 unspecified atom stereocenters. The van der Waals surface area contributed by atoms with Gasteiger partial charge < -0.3 is 15.3 Å². The van der Waals surface area contributed by atoms with Crippen LogP contribution >= 0.6 is 0 Å². The Hall–Kier alpha value is -1.32. The van der Waals surface area contributed by atoms with Crippen LogP contribution in [0.4, 0.5) is 0 Å². The fourth-order valence-electron chi connectivity index (χ4n) is 1.70. The van der Waals surface area contributed by atoms with Crippen molar-refractivity contribution in [3.8, 4) is 0 Å². The Morgan fingerprint density at radius 1 is 1.47 bits per heavy atom. The number of rotatable bonds is 3. The minimum Gasteiger partial charge on any atom is -0.458 e. The lowest BCUT2D eigenvalue weighted by atomic mass is 10.1. The highest BCUT2D eigenvalue weighted by molar-refractivity contribution is 5.81. The van der Waals surface area contributed by atoms with Crippen molar-refractivity contribution < 1.29 is 9.52 Å². The molecule has 80 valence electrons. The summed E-state index contributed by atoms with van der Waals surface area (Å²) in [4.78, 5) is 0. The van der Waals surface area contributed by atoms with Gasteiger partial charge in [-0.3, -0.25) is 0 Å². The maximum atomic E-state index is 9.58. The van der Waals surface area contributed by atoms with Crippen LogP contribution in [0.3, 0.4) is 0 Å². The van der Waals surface area contributed by atoms with Gasteiger partial charge in [0.15, 0.2) is 0 Å². The van der Waals surface area contributed by atoms with Crippen molar-refractivity contribution in [2.75, 3.05) is 6.54 Å². The van der Waals surface area contributed by atoms with Crippen LogP contribution in [0.2, 0.25) is 0 Å². The molecule has 0 aliphatic rings. The third-order valence-corrected chi connectivity index (χ3v) is 2.58. The van der Waals surface area contributed by atoms with Gasteiger partial charge in [-0.1, -0.05) is 25.1 Å². The predicted molar refractivity (Wildman–Crippen MR) is 59.6 cm³/mol. The van der Waals surface area contributed by atoms with Crippen LogP contribution in [0, 0.1) is 0 Å². The molecule has 0 radical (unpaired) electrons. The largest absolute Gasteiger partial charge is 0.458 e. The molecule has 2 aromatic rings. The molecule has 15 heavy (non-hydrogen) atoms. The van der Waals surface area contributed by atoms with Crippen LogP contribution in [0.25, 0.3) is 11.0 Å². The molecule has 0 saturated heterocycles. The van der Waals surface area contributed by atoms with Crippen molar-refractivity contribution in [2.24, 2.45) is 5.73 Å². The van der Waals surface area contributed by atoms with Crippen LogP contribution in [0.1, 0.15) is 24.4 Å². The van der Waals surface area contributed by atoms with Gasteiger partial charge >= 0.3 is 0 Å². The zero-order valence-corrected chi connectivity index (χ0v) is 8.73. The highest BCUT2D eigenvalue weighted by atomic mass is 16.4. The topological polar surface area (TPSA) is 59.4 Å². The predicted octanol–water partition coefficient (Wildman–Crippen LogP) is 1.99. The van der Waals surface area contributed by atoms with E-state index >= 15 is 0 Å². The number of aryl methyl sites for hydroxylation is 1. The highest BCUT2D eigenvalue weighted by Gasteiger charge is 2.12. The Balaban J connectivity index is 2.55. The number of hydrogen-bond donors (Lipinski definition) is 2. The smallest absolute Gasteiger partial charge is 0.137 e. The standard InChI is InChI=1S/C12H15NO2/c1-2-8-4-3-5-9-6-11(10(14)7-13)15-12(8)9/h3-6,10,14H,2,7,13H2,1H3/t10-/m1/s1. The summed E-state index contributed by atoms with van der Waals surface area (Å²) in [5, 5.41) is 10.6. The summed E-state index contributed by atoms with van der Waals surface area (Å²) < 4.78 is 5.61. The van der Waals surface area contributed by atoms with Crippen LogP contribution in [-0.2, 0) is 6.42 Å². The van der Waals surface area contributed by atoms with E-state index in [0.29, 0.717) is 5.76 Å². The van der Waals surface area contributed by atoms with Gasteiger partial charge in [0.2, 0.25) is 0 Å². The molecule has 0 saturated carbocycles. The number of hydrogen-bond acceptors (Lipinski definition) is 3. The third kappa shape index (κ3) is 1.76. The molecule has 3 heteroatoms. The number of nitrogens with two attached hydrogens (primary N) is 1. The van der Waals surface area contributed by atoms with Crippen molar-refractivity contribution in [1.29, 1.82) is 0 Å². The van der Waals surface area contributed by atoms with E-state index in [9.17, 15) is 5.11 Å². The summed E-state index contributed by atoms with van der Waals surface area (Å²) >= 11 is 0. The first kappa shape index (κ1) is 10.2. The van der Waals surface area contributed by atoms with E-state index in [1.54, 1.807) is 0 Å². The maximum Gasteiger partial charge on any atom is 0.137 e. The molecule has 0 spiro atoms. The number of aliphatic hydroxyl groups is 1. The molecule has 0 aliphatic carbocycles. The molecule has 1 aromatic carbocycles. The molecular formula is C12H15NO2. The number of furan rings is 1. The van der Waals surface area contributed by atoms with Crippen LogP contribution in [0.5, 0.6) is 0 Å². The van der Waals surface area contributed by atoms with E-state index in [0.717, 1.165) is 23.0 Å². The second kappa shape index (κ2) is 4.04. The molecule has 0 bridgehead atoms. The van der Waals surface area contributed by atoms with Crippen molar-refractivity contribution in [2.45, 2.75) is 19.4 Å². The summed E-state index contributed by atoms with van der Waals surface area (Å²) in [5.41, 5.74) is 7.41. The fourth-order valence-corrected chi connectivity index (χ4v) is 1.70. The van der Waals surface area contributed by atoms with Gasteiger partial charge in [0.05, 0.1) is 0 Å². The van der Waals surface area contributed by atoms with Crippen molar-refractivity contribution in [3.05, 3.63) is 35.6 Å². The van der Waals surface area contributed by atoms with E-state index < -0.39 is 6.10 Å². The van der Waals surface area contributed by atoms with E-state index in [1.807, 2.05) is 24.3 Å². The SMILES string of the molecule is CCc1cccc2cc([C@H](O)CN)oc12. The Morgan fingerprint density at radius 2 is 2.27 bits per heavy atom. The van der Waals surface area contributed by atoms with Gasteiger partial charge in [-0.05, 0) is 18.1 Å². The Bertz CT molecular complexity index is 462. The number of aliphatic hydroxyl groups excluding tert-OH is 1. The van der Waals surface area contributed by atoms with Gasteiger partial charge in [0.25, 0.3) is 0 Å². The van der Waals surface area contributed by atoms with Gasteiger partial charge in [0.1, 0.15) is 17.4 Å². The molecule has 0 amide bonds. The summed E-state index contributed by atoms with van der Waals surface area (Å²) in [6, 6.07) is 7.86. The Morgan fingerprint density at radius 3 is 2.93 bits per heavy atom. The summed E-state index contributed by atoms with van der Waals surface area (Å²) in [6.07, 6.45) is 0.213. The van der Waals surface area contributed by atoms with Crippen LogP contribution in [0.15, 0.2) is 28.7 Å². The van der Waals surface area contributed by atoms with Crippen molar-refractivity contribution in [3.63, 3.8) is 0 Å². The number of para-hydroxylation sites is 1. The van der Waals surface area contributed by atoms with E-state index in [2.05, 4.69) is 6.92 Å². The molecule has 1 heterocycles. The van der Waals surface area contributed by atoms with Crippen molar-refractivity contribution >= 4 is 11.0 Å². The summed E-state index contributed by atoms with van der Waals surface area (Å²) in [5.74, 6) is 0.549. The van der Waals surface area contributed by atoms with Gasteiger partial charge in [-0.25, -0.2) is 0 Å². The zero-order valence-electron chi connectivity index (χ0n) is 8.73. The van der Waals surface area contributed by atoms with Gasteiger partial charge in [-0.15, -0.1) is 0 Å². The van der Waals surface area contributed by atoms with Crippen LogP contribution in [-0.4, -0.2) is 11.7 Å². The zero-order chi connectivity index (χ0) is 10.8. The van der Waals surface area contributed by atoms with E-state index in [1.165, 1.54) is 0 Å². The first-order chi connectivity index (χ1) is 7.26. The molecule has 1 atom stereocenters. The second-order valence-electron chi connectivity index (χ2n) is 3.59. The lowest BCUT2D eigenvalue weighted by molar-refractivity contribution is 0.160. The second-order valence-corrected chi connectivity index (χ2v) is 3.59. The number of benzene rings is 1. The Labute approximate surface area is 88.5 Å². The summed E-state index contributed by atoms with van der Waals surface area (Å²) in [6.45, 7) is 2.26. The van der Waals surface area contributed by atoms with E-state index in [4.69, 9.17) is 10.2 Å². The molecule has 3 N–H and O–H groups in total. The molecule has 1 aromatic heterocycles. The van der Waals surface area contributed by atoms with Crippen molar-refractivity contribution in [1.82, 2.24) is 0 Å². The molecule has 0 aliphatic heterocycles. The lowest BCUT2D eigenvalue weighted by Gasteiger charge is -2.01. The van der Waals surface area contributed by atoms with Gasteiger partial charge in [0, 0.05) is 11.9 Å². The van der Waals surface area contributed by atoms with Crippen LogP contribution < -0.4 is 5.73 Å². The quantitative estimate of drug-likeness (QED) is 0.805. The average molecular weight is 205 g/mol. The highest BCUT2D eigenvalue weighted by Crippen LogP contribution is 2.26.